The summed E-state index contributed by atoms with van der Waals surface area (Å²) < 4.78 is 16.3. The Morgan fingerprint density at radius 1 is 1.15 bits per heavy atom. The number of benzene rings is 2. The van der Waals surface area contributed by atoms with Crippen molar-refractivity contribution < 1.29 is 18.8 Å². The van der Waals surface area contributed by atoms with Crippen LogP contribution in [-0.4, -0.2) is 29.3 Å². The highest BCUT2D eigenvalue weighted by Gasteiger charge is 2.18. The zero-order chi connectivity index (χ0) is 19.4. The molecule has 27 heavy (non-hydrogen) atoms. The van der Waals surface area contributed by atoms with E-state index in [4.69, 9.17) is 13.9 Å². The molecule has 0 aliphatic heterocycles. The van der Waals surface area contributed by atoms with Crippen molar-refractivity contribution >= 4 is 17.4 Å². The van der Waals surface area contributed by atoms with Gasteiger partial charge in [-0.15, -0.1) is 10.2 Å². The highest BCUT2D eigenvalue weighted by molar-refractivity contribution is 7.99. The summed E-state index contributed by atoms with van der Waals surface area (Å²) in [5, 5.41) is 19.3. The third-order valence-corrected chi connectivity index (χ3v) is 4.87. The molecular weight excluding hydrogens is 370 g/mol. The Kier molecular flexibility index (Phi) is 5.60. The lowest BCUT2D eigenvalue weighted by Crippen LogP contribution is -1.92. The van der Waals surface area contributed by atoms with Crippen molar-refractivity contribution in [3.63, 3.8) is 0 Å². The van der Waals surface area contributed by atoms with Crippen molar-refractivity contribution in [3.8, 4) is 23.0 Å². The van der Waals surface area contributed by atoms with Crippen molar-refractivity contribution in [3.05, 3.63) is 58.1 Å². The number of nitro groups is 1. The number of hydrogen-bond acceptors (Lipinski definition) is 8. The van der Waals surface area contributed by atoms with E-state index in [2.05, 4.69) is 10.2 Å². The Labute approximate surface area is 159 Å². The second-order valence-corrected chi connectivity index (χ2v) is 6.84. The fourth-order valence-electron chi connectivity index (χ4n) is 2.45. The summed E-state index contributed by atoms with van der Waals surface area (Å²) in [4.78, 5) is 10.5. The average molecular weight is 387 g/mol. The van der Waals surface area contributed by atoms with E-state index in [-0.39, 0.29) is 10.9 Å². The molecule has 2 aromatic carbocycles. The number of hydrogen-bond donors (Lipinski definition) is 0. The molecule has 140 valence electrons. The SMILES string of the molecule is COc1ccc(-c2nnc(S[C@H](C)c3cccc([N+](=O)[O-])c3)o2)c(OC)c1. The van der Waals surface area contributed by atoms with Crippen LogP contribution >= 0.6 is 11.8 Å². The lowest BCUT2D eigenvalue weighted by Gasteiger charge is -2.08. The summed E-state index contributed by atoms with van der Waals surface area (Å²) in [6, 6.07) is 11.8. The normalized spacial score (nSPS) is 11.8. The van der Waals surface area contributed by atoms with Crippen molar-refractivity contribution in [2.24, 2.45) is 0 Å². The molecule has 0 fully saturated rings. The van der Waals surface area contributed by atoms with Gasteiger partial charge in [-0.1, -0.05) is 23.9 Å². The number of rotatable bonds is 7. The zero-order valence-electron chi connectivity index (χ0n) is 14.9. The molecule has 0 unspecified atom stereocenters. The monoisotopic (exact) mass is 387 g/mol. The van der Waals surface area contributed by atoms with Gasteiger partial charge in [0.1, 0.15) is 11.5 Å². The summed E-state index contributed by atoms with van der Waals surface area (Å²) in [6.45, 7) is 1.92. The molecule has 0 radical (unpaired) electrons. The second kappa shape index (κ2) is 8.09. The molecular formula is C18H17N3O5S. The number of non-ortho nitro benzene ring substituents is 1. The van der Waals surface area contributed by atoms with Gasteiger partial charge in [0.25, 0.3) is 16.8 Å². The lowest BCUT2D eigenvalue weighted by atomic mass is 10.1. The van der Waals surface area contributed by atoms with Crippen molar-refractivity contribution in [1.82, 2.24) is 10.2 Å². The molecule has 0 aliphatic rings. The molecule has 0 bridgehead atoms. The Hall–Kier alpha value is -3.07. The molecule has 3 aromatic rings. The topological polar surface area (TPSA) is 101 Å². The van der Waals surface area contributed by atoms with E-state index in [0.717, 1.165) is 5.56 Å². The maximum Gasteiger partial charge on any atom is 0.277 e. The number of ether oxygens (including phenoxy) is 2. The van der Waals surface area contributed by atoms with Gasteiger partial charge in [0.15, 0.2) is 0 Å². The third kappa shape index (κ3) is 4.20. The molecule has 0 spiro atoms. The van der Waals surface area contributed by atoms with E-state index < -0.39 is 4.92 Å². The summed E-state index contributed by atoms with van der Waals surface area (Å²) >= 11 is 1.33. The summed E-state index contributed by atoms with van der Waals surface area (Å²) in [6.07, 6.45) is 0. The number of aromatic nitrogens is 2. The smallest absolute Gasteiger partial charge is 0.277 e. The van der Waals surface area contributed by atoms with Crippen LogP contribution in [0.25, 0.3) is 11.5 Å². The van der Waals surface area contributed by atoms with Crippen LogP contribution in [-0.2, 0) is 0 Å². The van der Waals surface area contributed by atoms with Gasteiger partial charge < -0.3 is 13.9 Å². The number of thioether (sulfide) groups is 1. The minimum Gasteiger partial charge on any atom is -0.497 e. The average Bonchev–Trinajstić information content (AvgIpc) is 3.15. The van der Waals surface area contributed by atoms with Crippen LogP contribution in [0.15, 0.2) is 52.1 Å². The maximum absolute atomic E-state index is 10.9. The van der Waals surface area contributed by atoms with E-state index in [0.29, 0.717) is 28.2 Å². The Morgan fingerprint density at radius 2 is 1.96 bits per heavy atom. The number of nitro benzene ring substituents is 1. The summed E-state index contributed by atoms with van der Waals surface area (Å²) in [7, 11) is 3.12. The highest BCUT2D eigenvalue weighted by atomic mass is 32.2. The molecule has 1 atom stereocenters. The molecule has 0 amide bonds. The Morgan fingerprint density at radius 3 is 2.67 bits per heavy atom. The van der Waals surface area contributed by atoms with Gasteiger partial charge in [-0.05, 0) is 24.6 Å². The second-order valence-electron chi connectivity index (χ2n) is 5.55. The summed E-state index contributed by atoms with van der Waals surface area (Å²) in [5.74, 6) is 1.54. The molecule has 1 aromatic heterocycles. The highest BCUT2D eigenvalue weighted by Crippen LogP contribution is 2.38. The fraction of sp³-hybridized carbons (Fsp3) is 0.222. The predicted octanol–water partition coefficient (Wildman–Crippen LogP) is 4.52. The van der Waals surface area contributed by atoms with Crippen LogP contribution in [0.2, 0.25) is 0 Å². The quantitative estimate of drug-likeness (QED) is 0.331. The molecule has 0 aliphatic carbocycles. The first kappa shape index (κ1) is 18.7. The maximum atomic E-state index is 10.9. The number of methoxy groups -OCH3 is 2. The van der Waals surface area contributed by atoms with Crippen molar-refractivity contribution in [1.29, 1.82) is 0 Å². The van der Waals surface area contributed by atoms with Gasteiger partial charge >= 0.3 is 0 Å². The fourth-order valence-corrected chi connectivity index (χ4v) is 3.25. The van der Waals surface area contributed by atoms with Gasteiger partial charge in [-0.3, -0.25) is 10.1 Å². The minimum atomic E-state index is -0.415. The number of nitrogens with zero attached hydrogens (tertiary/aromatic N) is 3. The van der Waals surface area contributed by atoms with E-state index >= 15 is 0 Å². The van der Waals surface area contributed by atoms with Crippen molar-refractivity contribution in [2.45, 2.75) is 17.4 Å². The van der Waals surface area contributed by atoms with Gasteiger partial charge in [0.2, 0.25) is 0 Å². The summed E-state index contributed by atoms with van der Waals surface area (Å²) in [5.41, 5.74) is 1.51. The predicted molar refractivity (Wildman–Crippen MR) is 100 cm³/mol. The van der Waals surface area contributed by atoms with Crippen LogP contribution in [0.5, 0.6) is 11.5 Å². The van der Waals surface area contributed by atoms with Gasteiger partial charge in [0.05, 0.1) is 24.7 Å². The van der Waals surface area contributed by atoms with E-state index in [1.165, 1.54) is 17.8 Å². The molecule has 0 saturated carbocycles. The first-order chi connectivity index (χ1) is 13.0. The van der Waals surface area contributed by atoms with Crippen LogP contribution in [0, 0.1) is 10.1 Å². The minimum absolute atomic E-state index is 0.0501. The Bertz CT molecular complexity index is 960. The van der Waals surface area contributed by atoms with Crippen LogP contribution in [0.4, 0.5) is 5.69 Å². The van der Waals surface area contributed by atoms with E-state index in [1.54, 1.807) is 44.6 Å². The molecule has 8 nitrogen and oxygen atoms in total. The standard InChI is InChI=1S/C18H17N3O5S/c1-11(12-5-4-6-13(9-12)21(22)23)27-18-20-19-17(26-18)15-8-7-14(24-2)10-16(15)25-3/h4-11H,1-3H3/t11-/m1/s1. The van der Waals surface area contributed by atoms with E-state index in [9.17, 15) is 10.1 Å². The lowest BCUT2D eigenvalue weighted by molar-refractivity contribution is -0.384. The van der Waals surface area contributed by atoms with Gasteiger partial charge in [0, 0.05) is 23.4 Å². The zero-order valence-corrected chi connectivity index (χ0v) is 15.7. The van der Waals surface area contributed by atoms with Gasteiger partial charge in [-0.25, -0.2) is 0 Å². The molecule has 0 N–H and O–H groups in total. The van der Waals surface area contributed by atoms with Crippen molar-refractivity contribution in [2.75, 3.05) is 14.2 Å². The van der Waals surface area contributed by atoms with Crippen LogP contribution in [0.3, 0.4) is 0 Å². The molecule has 3 rings (SSSR count). The van der Waals surface area contributed by atoms with Gasteiger partial charge in [-0.2, -0.15) is 0 Å². The Balaban J connectivity index is 1.80. The first-order valence-electron chi connectivity index (χ1n) is 7.98. The van der Waals surface area contributed by atoms with Crippen LogP contribution < -0.4 is 9.47 Å². The largest absolute Gasteiger partial charge is 0.497 e. The van der Waals surface area contributed by atoms with Crippen LogP contribution in [0.1, 0.15) is 17.7 Å². The first-order valence-corrected chi connectivity index (χ1v) is 8.86. The third-order valence-electron chi connectivity index (χ3n) is 3.87. The molecule has 9 heteroatoms. The molecule has 1 heterocycles. The molecule has 0 saturated heterocycles. The van der Waals surface area contributed by atoms with E-state index in [1.807, 2.05) is 13.0 Å².